The molecule has 130 valence electrons. The van der Waals surface area contributed by atoms with E-state index in [1.54, 1.807) is 24.3 Å². The number of aliphatic carboxylic acids is 1. The van der Waals surface area contributed by atoms with Gasteiger partial charge in [-0.05, 0) is 37.5 Å². The summed E-state index contributed by atoms with van der Waals surface area (Å²) < 4.78 is 25.3. The van der Waals surface area contributed by atoms with Gasteiger partial charge >= 0.3 is 5.97 Å². The lowest BCUT2D eigenvalue weighted by atomic mass is 9.66. The molecule has 2 N–H and O–H groups in total. The lowest BCUT2D eigenvalue weighted by molar-refractivity contribution is -0.157. The second-order valence-corrected chi connectivity index (χ2v) is 8.47. The quantitative estimate of drug-likeness (QED) is 0.841. The number of carboxylic acid groups (broad SMARTS) is 1. The van der Waals surface area contributed by atoms with Crippen LogP contribution in [0.3, 0.4) is 0 Å². The Hall–Kier alpha value is -2.09. The van der Waals surface area contributed by atoms with E-state index in [0.717, 1.165) is 6.42 Å². The second kappa shape index (κ2) is 6.08. The molecule has 1 aliphatic carbocycles. The molecule has 2 aliphatic rings. The molecule has 8 heteroatoms. The van der Waals surface area contributed by atoms with E-state index in [-0.39, 0.29) is 18.1 Å². The molecule has 1 saturated heterocycles. The van der Waals surface area contributed by atoms with E-state index in [9.17, 15) is 23.1 Å². The van der Waals surface area contributed by atoms with Gasteiger partial charge in [-0.15, -0.1) is 0 Å². The largest absolute Gasteiger partial charge is 0.481 e. The SMILES string of the molecule is O=C(CC1(C(=O)O)CCC1)Nc1cccc(N2CCCS2(=O)=O)c1. The molecule has 3 rings (SSSR count). The summed E-state index contributed by atoms with van der Waals surface area (Å²) in [5, 5.41) is 12.0. The molecule has 0 radical (unpaired) electrons. The zero-order valence-corrected chi connectivity index (χ0v) is 14.0. The Morgan fingerprint density at radius 2 is 2.00 bits per heavy atom. The van der Waals surface area contributed by atoms with E-state index in [2.05, 4.69) is 5.32 Å². The maximum atomic E-state index is 12.2. The third kappa shape index (κ3) is 3.10. The van der Waals surface area contributed by atoms with Gasteiger partial charge in [-0.3, -0.25) is 13.9 Å². The molecule has 0 unspecified atom stereocenters. The second-order valence-electron chi connectivity index (χ2n) is 6.46. The number of nitrogens with one attached hydrogen (secondary N) is 1. The summed E-state index contributed by atoms with van der Waals surface area (Å²) in [7, 11) is -3.28. The molecule has 0 atom stereocenters. The van der Waals surface area contributed by atoms with Gasteiger partial charge in [0.1, 0.15) is 0 Å². The Morgan fingerprint density at radius 1 is 1.25 bits per heavy atom. The van der Waals surface area contributed by atoms with Gasteiger partial charge in [0.2, 0.25) is 15.9 Å². The molecule has 1 aromatic carbocycles. The molecule has 1 heterocycles. The maximum Gasteiger partial charge on any atom is 0.310 e. The van der Waals surface area contributed by atoms with Crippen LogP contribution < -0.4 is 9.62 Å². The number of hydrogen-bond acceptors (Lipinski definition) is 4. The van der Waals surface area contributed by atoms with Crippen LogP contribution in [0, 0.1) is 5.41 Å². The minimum absolute atomic E-state index is 0.0609. The molecule has 1 aliphatic heterocycles. The number of anilines is 2. The fraction of sp³-hybridized carbons (Fsp3) is 0.500. The van der Waals surface area contributed by atoms with Crippen LogP contribution in [0.2, 0.25) is 0 Å². The van der Waals surface area contributed by atoms with Crippen molar-refractivity contribution in [3.8, 4) is 0 Å². The molecular formula is C16H20N2O5S. The van der Waals surface area contributed by atoms with Crippen molar-refractivity contribution in [2.24, 2.45) is 5.41 Å². The number of amides is 1. The number of nitrogens with zero attached hydrogens (tertiary/aromatic N) is 1. The van der Waals surface area contributed by atoms with Gasteiger partial charge in [-0.1, -0.05) is 12.5 Å². The van der Waals surface area contributed by atoms with Crippen LogP contribution in [0.1, 0.15) is 32.1 Å². The predicted octanol–water partition coefficient (Wildman–Crippen LogP) is 1.81. The first-order valence-corrected chi connectivity index (χ1v) is 9.57. The Morgan fingerprint density at radius 3 is 2.54 bits per heavy atom. The first-order valence-electron chi connectivity index (χ1n) is 7.96. The van der Waals surface area contributed by atoms with Crippen molar-refractivity contribution in [3.05, 3.63) is 24.3 Å². The molecule has 0 aromatic heterocycles. The zero-order chi connectivity index (χ0) is 17.4. The molecule has 1 saturated carbocycles. The van der Waals surface area contributed by atoms with Crippen molar-refractivity contribution in [2.75, 3.05) is 21.9 Å². The topological polar surface area (TPSA) is 104 Å². The fourth-order valence-electron chi connectivity index (χ4n) is 3.25. The van der Waals surface area contributed by atoms with Crippen molar-refractivity contribution in [1.82, 2.24) is 0 Å². The van der Waals surface area contributed by atoms with Gasteiger partial charge in [0.05, 0.1) is 16.9 Å². The van der Waals surface area contributed by atoms with E-state index < -0.39 is 21.4 Å². The summed E-state index contributed by atoms with van der Waals surface area (Å²) in [4.78, 5) is 23.5. The van der Waals surface area contributed by atoms with Crippen molar-refractivity contribution < 1.29 is 23.1 Å². The summed E-state index contributed by atoms with van der Waals surface area (Å²) in [5.74, 6) is -1.16. The highest BCUT2D eigenvalue weighted by atomic mass is 32.2. The molecular weight excluding hydrogens is 332 g/mol. The fourth-order valence-corrected chi connectivity index (χ4v) is 4.81. The summed E-state index contributed by atoms with van der Waals surface area (Å²) in [6, 6.07) is 6.63. The molecule has 24 heavy (non-hydrogen) atoms. The number of carbonyl (C=O) groups is 2. The maximum absolute atomic E-state index is 12.2. The van der Waals surface area contributed by atoms with Gasteiger partial charge in [-0.25, -0.2) is 8.42 Å². The number of carboxylic acids is 1. The molecule has 7 nitrogen and oxygen atoms in total. The lowest BCUT2D eigenvalue weighted by Crippen LogP contribution is -2.41. The van der Waals surface area contributed by atoms with Gasteiger partial charge in [0.25, 0.3) is 0 Å². The van der Waals surface area contributed by atoms with Gasteiger partial charge in [0, 0.05) is 18.7 Å². The van der Waals surface area contributed by atoms with E-state index in [4.69, 9.17) is 0 Å². The zero-order valence-electron chi connectivity index (χ0n) is 13.2. The average Bonchev–Trinajstić information content (AvgIpc) is 2.82. The normalized spacial score (nSPS) is 21.1. The summed E-state index contributed by atoms with van der Waals surface area (Å²) in [6.45, 7) is 0.432. The molecule has 1 aromatic rings. The van der Waals surface area contributed by atoms with Crippen LogP contribution >= 0.6 is 0 Å². The van der Waals surface area contributed by atoms with Crippen LogP contribution in [-0.4, -0.2) is 37.7 Å². The van der Waals surface area contributed by atoms with E-state index in [0.29, 0.717) is 37.2 Å². The number of hydrogen-bond donors (Lipinski definition) is 2. The number of rotatable bonds is 5. The van der Waals surface area contributed by atoms with E-state index in [1.165, 1.54) is 4.31 Å². The third-order valence-corrected chi connectivity index (χ3v) is 6.65. The van der Waals surface area contributed by atoms with Crippen LogP contribution in [0.5, 0.6) is 0 Å². The minimum atomic E-state index is -3.28. The summed E-state index contributed by atoms with van der Waals surface area (Å²) in [5.41, 5.74) is 0.0429. The molecule has 2 fully saturated rings. The van der Waals surface area contributed by atoms with Crippen molar-refractivity contribution in [3.63, 3.8) is 0 Å². The van der Waals surface area contributed by atoms with Crippen LogP contribution in [0.25, 0.3) is 0 Å². The first-order chi connectivity index (χ1) is 11.3. The third-order valence-electron chi connectivity index (χ3n) is 4.78. The van der Waals surface area contributed by atoms with E-state index in [1.807, 2.05) is 0 Å². The highest BCUT2D eigenvalue weighted by Gasteiger charge is 2.45. The number of carbonyl (C=O) groups excluding carboxylic acids is 1. The smallest absolute Gasteiger partial charge is 0.310 e. The Balaban J connectivity index is 1.71. The van der Waals surface area contributed by atoms with Crippen LogP contribution in [0.4, 0.5) is 11.4 Å². The van der Waals surface area contributed by atoms with Crippen molar-refractivity contribution >= 4 is 33.3 Å². The Labute approximate surface area is 140 Å². The summed E-state index contributed by atoms with van der Waals surface area (Å²) in [6.07, 6.45) is 2.38. The monoisotopic (exact) mass is 352 g/mol. The molecule has 0 bridgehead atoms. The van der Waals surface area contributed by atoms with Gasteiger partial charge in [0.15, 0.2) is 0 Å². The lowest BCUT2D eigenvalue weighted by Gasteiger charge is -2.36. The molecule has 0 spiro atoms. The van der Waals surface area contributed by atoms with Gasteiger partial charge in [-0.2, -0.15) is 0 Å². The highest BCUT2D eigenvalue weighted by Crippen LogP contribution is 2.44. The average molecular weight is 352 g/mol. The molecule has 1 amide bonds. The summed E-state index contributed by atoms with van der Waals surface area (Å²) >= 11 is 0. The number of benzene rings is 1. The number of sulfonamides is 1. The van der Waals surface area contributed by atoms with E-state index >= 15 is 0 Å². The van der Waals surface area contributed by atoms with Crippen LogP contribution in [-0.2, 0) is 19.6 Å². The highest BCUT2D eigenvalue weighted by molar-refractivity contribution is 7.93. The predicted molar refractivity (Wildman–Crippen MR) is 89.4 cm³/mol. The Bertz CT molecular complexity index is 770. The van der Waals surface area contributed by atoms with Crippen LogP contribution in [0.15, 0.2) is 24.3 Å². The Kier molecular flexibility index (Phi) is 4.25. The van der Waals surface area contributed by atoms with Crippen molar-refractivity contribution in [2.45, 2.75) is 32.1 Å². The standard InChI is InChI=1S/C16H20N2O5S/c19-14(11-16(15(20)21)6-2-7-16)17-12-4-1-5-13(10-12)18-8-3-9-24(18,22)23/h1,4-5,10H,2-3,6-9,11H2,(H,17,19)(H,20,21). The minimum Gasteiger partial charge on any atom is -0.481 e. The van der Waals surface area contributed by atoms with Gasteiger partial charge < -0.3 is 10.4 Å². The first kappa shape index (κ1) is 16.8. The van der Waals surface area contributed by atoms with Crippen molar-refractivity contribution in [1.29, 1.82) is 0 Å².